The molecule has 11 heteroatoms. The van der Waals surface area contributed by atoms with Gasteiger partial charge in [0.2, 0.25) is 0 Å². The summed E-state index contributed by atoms with van der Waals surface area (Å²) in [7, 11) is 0. The van der Waals surface area contributed by atoms with E-state index in [0.717, 1.165) is 32.4 Å². The number of ether oxygens (including phenoxy) is 1. The number of halogens is 3. The molecule has 0 aliphatic heterocycles. The highest BCUT2D eigenvalue weighted by molar-refractivity contribution is 8.00. The van der Waals surface area contributed by atoms with Crippen LogP contribution in [0.4, 0.5) is 13.2 Å². The number of benzene rings is 2. The maximum atomic E-state index is 12.8. The minimum absolute atomic E-state index is 0.00141. The number of thioether (sulfide) groups is 1. The van der Waals surface area contributed by atoms with Crippen LogP contribution in [0.2, 0.25) is 0 Å². The quantitative estimate of drug-likeness (QED) is 0.250. The summed E-state index contributed by atoms with van der Waals surface area (Å²) in [4.78, 5) is 12.8. The number of fused-ring (bicyclic) bond motifs is 1. The van der Waals surface area contributed by atoms with Crippen LogP contribution in [0.3, 0.4) is 0 Å². The molecule has 0 radical (unpaired) electrons. The lowest BCUT2D eigenvalue weighted by molar-refractivity contribution is -0.137. The molecule has 0 fully saturated rings. The van der Waals surface area contributed by atoms with Gasteiger partial charge < -0.3 is 14.5 Å². The lowest BCUT2D eigenvalue weighted by Crippen LogP contribution is -2.28. The van der Waals surface area contributed by atoms with Crippen LogP contribution in [0.25, 0.3) is 11.0 Å². The van der Waals surface area contributed by atoms with Gasteiger partial charge in [-0.2, -0.15) is 13.2 Å². The van der Waals surface area contributed by atoms with Crippen molar-refractivity contribution in [3.8, 4) is 5.75 Å². The molecule has 172 valence electrons. The molecule has 0 aliphatic carbocycles. The third kappa shape index (κ3) is 5.66. The van der Waals surface area contributed by atoms with Crippen LogP contribution in [0.1, 0.15) is 26.7 Å². The van der Waals surface area contributed by atoms with Crippen molar-refractivity contribution in [2.45, 2.75) is 23.2 Å². The number of amides is 1. The molecule has 0 aliphatic rings. The Morgan fingerprint density at radius 1 is 1.18 bits per heavy atom. The van der Waals surface area contributed by atoms with Gasteiger partial charge in [-0.25, -0.2) is 0 Å². The lowest BCUT2D eigenvalue weighted by atomic mass is 10.1. The van der Waals surface area contributed by atoms with E-state index in [1.54, 1.807) is 6.07 Å². The number of hydrogen-bond acceptors (Lipinski definition) is 7. The Bertz CT molecular complexity index is 1270. The van der Waals surface area contributed by atoms with Gasteiger partial charge in [-0.05, 0) is 31.2 Å². The average molecular weight is 494 g/mol. The standard InChI is InChI=1S/C22H18F3N3O3S2/c1-13-27-28-21(33-13)32-12-17-16-7-2-3-8-18(16)31-19(17)20(29)26-9-10-30-15-6-4-5-14(11-15)22(23,24)25/h2-8,11H,9-10,12H2,1H3,(H,26,29). The molecular weight excluding hydrogens is 475 g/mol. The number of aromatic nitrogens is 2. The number of carbonyl (C=O) groups is 1. The molecule has 2 aromatic heterocycles. The van der Waals surface area contributed by atoms with Crippen molar-refractivity contribution in [1.29, 1.82) is 0 Å². The third-order valence-corrected chi connectivity index (χ3v) is 6.57. The summed E-state index contributed by atoms with van der Waals surface area (Å²) in [5.41, 5.74) is 0.533. The first-order valence-corrected chi connectivity index (χ1v) is 11.6. The highest BCUT2D eigenvalue weighted by atomic mass is 32.2. The molecule has 2 heterocycles. The maximum Gasteiger partial charge on any atom is 0.416 e. The summed E-state index contributed by atoms with van der Waals surface area (Å²) in [5.74, 6) is 0.300. The third-order valence-electron chi connectivity index (χ3n) is 4.57. The molecule has 33 heavy (non-hydrogen) atoms. The number of rotatable bonds is 8. The van der Waals surface area contributed by atoms with E-state index in [0.29, 0.717) is 11.3 Å². The van der Waals surface area contributed by atoms with Crippen molar-refractivity contribution < 1.29 is 27.1 Å². The maximum absolute atomic E-state index is 12.8. The molecule has 1 amide bonds. The fourth-order valence-electron chi connectivity index (χ4n) is 3.07. The Balaban J connectivity index is 1.40. The van der Waals surface area contributed by atoms with Gasteiger partial charge >= 0.3 is 6.18 Å². The van der Waals surface area contributed by atoms with Crippen LogP contribution < -0.4 is 10.1 Å². The molecule has 0 atom stereocenters. The highest BCUT2D eigenvalue weighted by Crippen LogP contribution is 2.33. The van der Waals surface area contributed by atoms with Crippen molar-refractivity contribution in [2.75, 3.05) is 13.2 Å². The molecule has 0 saturated carbocycles. The normalized spacial score (nSPS) is 11.6. The predicted octanol–water partition coefficient (Wildman–Crippen LogP) is 5.71. The fourth-order valence-corrected chi connectivity index (χ4v) is 4.92. The Labute approximate surface area is 195 Å². The second-order valence-electron chi connectivity index (χ2n) is 6.91. The Hall–Kier alpha value is -3.05. The number of carbonyl (C=O) groups excluding carboxylic acids is 1. The summed E-state index contributed by atoms with van der Waals surface area (Å²) in [6.07, 6.45) is -4.45. The van der Waals surface area contributed by atoms with E-state index in [9.17, 15) is 18.0 Å². The molecule has 6 nitrogen and oxygen atoms in total. The largest absolute Gasteiger partial charge is 0.492 e. The predicted molar refractivity (Wildman–Crippen MR) is 120 cm³/mol. The first kappa shape index (κ1) is 23.1. The van der Waals surface area contributed by atoms with Gasteiger partial charge in [0.25, 0.3) is 5.91 Å². The van der Waals surface area contributed by atoms with Crippen molar-refractivity contribution >= 4 is 40.0 Å². The van der Waals surface area contributed by atoms with Crippen LogP contribution in [0, 0.1) is 6.92 Å². The van der Waals surface area contributed by atoms with Gasteiger partial charge in [0.15, 0.2) is 10.1 Å². The number of hydrogen-bond donors (Lipinski definition) is 1. The van der Waals surface area contributed by atoms with Gasteiger partial charge in [-0.1, -0.05) is 47.4 Å². The zero-order chi connectivity index (χ0) is 23.4. The van der Waals surface area contributed by atoms with Gasteiger partial charge in [-0.3, -0.25) is 4.79 Å². The van der Waals surface area contributed by atoms with E-state index in [-0.39, 0.29) is 24.7 Å². The Kier molecular flexibility index (Phi) is 6.89. The van der Waals surface area contributed by atoms with Gasteiger partial charge in [0.05, 0.1) is 12.1 Å². The summed E-state index contributed by atoms with van der Waals surface area (Å²) >= 11 is 2.93. The number of alkyl halides is 3. The topological polar surface area (TPSA) is 77.2 Å². The highest BCUT2D eigenvalue weighted by Gasteiger charge is 2.30. The summed E-state index contributed by atoms with van der Waals surface area (Å²) < 4.78 is 50.4. The summed E-state index contributed by atoms with van der Waals surface area (Å²) in [5, 5.41) is 12.5. The molecule has 0 bridgehead atoms. The molecule has 0 saturated heterocycles. The van der Waals surface area contributed by atoms with Gasteiger partial charge in [0, 0.05) is 16.7 Å². The average Bonchev–Trinajstić information content (AvgIpc) is 3.38. The van der Waals surface area contributed by atoms with Crippen molar-refractivity contribution in [3.63, 3.8) is 0 Å². The van der Waals surface area contributed by atoms with E-state index in [4.69, 9.17) is 9.15 Å². The molecule has 0 spiro atoms. The number of para-hydroxylation sites is 1. The molecule has 1 N–H and O–H groups in total. The van der Waals surface area contributed by atoms with Crippen molar-refractivity contribution in [1.82, 2.24) is 15.5 Å². The van der Waals surface area contributed by atoms with Gasteiger partial charge in [-0.15, -0.1) is 10.2 Å². The van der Waals surface area contributed by atoms with E-state index < -0.39 is 17.6 Å². The van der Waals surface area contributed by atoms with Gasteiger partial charge in [0.1, 0.15) is 22.9 Å². The number of aryl methyl sites for hydroxylation is 1. The first-order chi connectivity index (χ1) is 15.8. The zero-order valence-electron chi connectivity index (χ0n) is 17.3. The fraction of sp³-hybridized carbons (Fsp3) is 0.227. The zero-order valence-corrected chi connectivity index (χ0v) is 18.9. The molecule has 4 rings (SSSR count). The second kappa shape index (κ2) is 9.84. The van der Waals surface area contributed by atoms with Crippen LogP contribution in [0.15, 0.2) is 57.3 Å². The van der Waals surface area contributed by atoms with E-state index in [1.807, 2.05) is 25.1 Å². The smallest absolute Gasteiger partial charge is 0.416 e. The molecule has 0 unspecified atom stereocenters. The molecule has 2 aromatic carbocycles. The van der Waals surface area contributed by atoms with Crippen LogP contribution in [0.5, 0.6) is 5.75 Å². The summed E-state index contributed by atoms with van der Waals surface area (Å²) in [6.45, 7) is 1.96. The lowest BCUT2D eigenvalue weighted by Gasteiger charge is -2.10. The molecular formula is C22H18F3N3O3S2. The minimum Gasteiger partial charge on any atom is -0.492 e. The van der Waals surface area contributed by atoms with Crippen molar-refractivity contribution in [2.24, 2.45) is 0 Å². The first-order valence-electron chi connectivity index (χ1n) is 9.83. The number of nitrogens with one attached hydrogen (secondary N) is 1. The monoisotopic (exact) mass is 493 g/mol. The van der Waals surface area contributed by atoms with Crippen LogP contribution in [-0.2, 0) is 11.9 Å². The SMILES string of the molecule is Cc1nnc(SCc2c(C(=O)NCCOc3cccc(C(F)(F)F)c3)oc3ccccc23)s1. The minimum atomic E-state index is -4.45. The number of furan rings is 1. The Morgan fingerprint density at radius 2 is 2.00 bits per heavy atom. The molecule has 4 aromatic rings. The van der Waals surface area contributed by atoms with Crippen LogP contribution >= 0.6 is 23.1 Å². The van der Waals surface area contributed by atoms with Crippen molar-refractivity contribution in [3.05, 3.63) is 70.4 Å². The second-order valence-corrected chi connectivity index (χ2v) is 9.32. The van der Waals surface area contributed by atoms with Crippen LogP contribution in [-0.4, -0.2) is 29.3 Å². The van der Waals surface area contributed by atoms with E-state index >= 15 is 0 Å². The number of nitrogens with zero attached hydrogens (tertiary/aromatic N) is 2. The Morgan fingerprint density at radius 3 is 2.76 bits per heavy atom. The van der Waals surface area contributed by atoms with E-state index in [1.165, 1.54) is 35.2 Å². The summed E-state index contributed by atoms with van der Waals surface area (Å²) in [6, 6.07) is 12.0. The van der Waals surface area contributed by atoms with E-state index in [2.05, 4.69) is 15.5 Å².